The van der Waals surface area contributed by atoms with Crippen molar-refractivity contribution in [2.75, 3.05) is 0 Å². The van der Waals surface area contributed by atoms with Crippen LogP contribution >= 0.6 is 0 Å². The highest BCUT2D eigenvalue weighted by Gasteiger charge is 2.23. The Bertz CT molecular complexity index is 1250. The fraction of sp³-hybridized carbons (Fsp3) is 0.182. The Balaban J connectivity index is 2.17. The first-order chi connectivity index (χ1) is 12.4. The third kappa shape index (κ3) is 2.21. The quantitative estimate of drug-likeness (QED) is 0.321. The molecule has 0 saturated heterocycles. The van der Waals surface area contributed by atoms with Crippen molar-refractivity contribution in [3.05, 3.63) is 70.5 Å². The lowest BCUT2D eigenvalue weighted by atomic mass is 9.99. The Morgan fingerprint density at radius 1 is 1.00 bits per heavy atom. The molecule has 3 nitrogen and oxygen atoms in total. The van der Waals surface area contributed by atoms with Gasteiger partial charge in [0.05, 0.1) is 12.1 Å². The summed E-state index contributed by atoms with van der Waals surface area (Å²) in [5.41, 5.74) is 6.11. The first-order valence-electron chi connectivity index (χ1n) is 8.41. The summed E-state index contributed by atoms with van der Waals surface area (Å²) in [7, 11) is 2.02. The minimum Gasteiger partial charge on any atom is -0.453 e. The third-order valence-corrected chi connectivity index (χ3v) is 5.01. The number of nitrogens with zero attached hydrogens (tertiary/aromatic N) is 2. The molecule has 0 fully saturated rings. The zero-order valence-electron chi connectivity index (χ0n) is 15.1. The number of pyridine rings is 1. The zero-order valence-corrected chi connectivity index (χ0v) is 15.1. The number of rotatable bonds is 1. The maximum absolute atomic E-state index is 14.6. The van der Waals surface area contributed by atoms with Gasteiger partial charge < -0.3 is 4.42 Å². The van der Waals surface area contributed by atoms with Crippen LogP contribution in [0.4, 0.5) is 10.1 Å². The lowest BCUT2D eigenvalue weighted by molar-refractivity contribution is -0.666. The fourth-order valence-corrected chi connectivity index (χ4v) is 3.57. The Kier molecular flexibility index (Phi) is 3.55. The molecule has 0 aliphatic carbocycles. The molecule has 0 amide bonds. The van der Waals surface area contributed by atoms with E-state index in [0.717, 1.165) is 33.5 Å². The largest absolute Gasteiger partial charge is 0.453 e. The molecule has 128 valence electrons. The molecule has 4 aromatic rings. The van der Waals surface area contributed by atoms with Gasteiger partial charge in [-0.05, 0) is 25.0 Å². The van der Waals surface area contributed by atoms with Crippen molar-refractivity contribution in [3.8, 4) is 11.3 Å². The summed E-state index contributed by atoms with van der Waals surface area (Å²) >= 11 is 0. The number of fused-ring (bicyclic) bond motifs is 3. The first-order valence-corrected chi connectivity index (χ1v) is 8.41. The molecular weight excluding hydrogens is 327 g/mol. The van der Waals surface area contributed by atoms with E-state index in [1.165, 1.54) is 6.07 Å². The normalized spacial score (nSPS) is 11.2. The highest BCUT2D eigenvalue weighted by Crippen LogP contribution is 2.39. The van der Waals surface area contributed by atoms with Gasteiger partial charge in [0.25, 0.3) is 0 Å². The monoisotopic (exact) mass is 345 g/mol. The summed E-state index contributed by atoms with van der Waals surface area (Å²) in [4.78, 5) is 3.24. The van der Waals surface area contributed by atoms with Crippen LogP contribution in [-0.4, -0.2) is 0 Å². The van der Waals surface area contributed by atoms with E-state index >= 15 is 0 Å². The maximum atomic E-state index is 14.6. The molecule has 4 rings (SSSR count). The average molecular weight is 345 g/mol. The third-order valence-electron chi connectivity index (χ3n) is 5.01. The van der Waals surface area contributed by atoms with Crippen LogP contribution in [0, 0.1) is 33.2 Å². The number of furan rings is 1. The summed E-state index contributed by atoms with van der Waals surface area (Å²) in [5.74, 6) is -0.595. The van der Waals surface area contributed by atoms with Crippen molar-refractivity contribution < 1.29 is 13.4 Å². The highest BCUT2D eigenvalue weighted by molar-refractivity contribution is 6.10. The molecular formula is C22H18FN2O+. The van der Waals surface area contributed by atoms with Crippen molar-refractivity contribution in [3.63, 3.8) is 0 Å². The van der Waals surface area contributed by atoms with E-state index in [9.17, 15) is 4.39 Å². The van der Waals surface area contributed by atoms with Crippen molar-refractivity contribution >= 4 is 27.6 Å². The van der Waals surface area contributed by atoms with Crippen LogP contribution in [0.2, 0.25) is 0 Å². The fourth-order valence-electron chi connectivity index (χ4n) is 3.57. The van der Waals surface area contributed by atoms with E-state index in [-0.39, 0.29) is 11.3 Å². The zero-order chi connectivity index (χ0) is 18.6. The van der Waals surface area contributed by atoms with Gasteiger partial charge in [0.1, 0.15) is 12.6 Å². The van der Waals surface area contributed by atoms with Crippen molar-refractivity contribution in [2.24, 2.45) is 7.05 Å². The van der Waals surface area contributed by atoms with Crippen LogP contribution in [0.3, 0.4) is 0 Å². The SMILES string of the molecule is [C-]#[N+]c1ccc2c(oc3c(-c4cc(C)cc(C)[n+]4C)c(C)ccc32)c1F. The molecule has 26 heavy (non-hydrogen) atoms. The van der Waals surface area contributed by atoms with Crippen LogP contribution < -0.4 is 4.57 Å². The Hall–Kier alpha value is -3.19. The van der Waals surface area contributed by atoms with Gasteiger partial charge in [-0.3, -0.25) is 0 Å². The van der Waals surface area contributed by atoms with E-state index in [1.54, 1.807) is 6.07 Å². The van der Waals surface area contributed by atoms with Gasteiger partial charge in [-0.2, -0.15) is 4.57 Å². The molecule has 2 aromatic heterocycles. The molecule has 0 unspecified atom stereocenters. The van der Waals surface area contributed by atoms with E-state index in [0.29, 0.717) is 11.0 Å². The highest BCUT2D eigenvalue weighted by atomic mass is 19.1. The first kappa shape index (κ1) is 16.3. The van der Waals surface area contributed by atoms with Crippen LogP contribution in [0.15, 0.2) is 40.8 Å². The minimum atomic E-state index is -0.595. The summed E-state index contributed by atoms with van der Waals surface area (Å²) in [5, 5.41) is 1.55. The van der Waals surface area contributed by atoms with E-state index in [1.807, 2.05) is 26.1 Å². The second-order valence-corrected chi connectivity index (χ2v) is 6.74. The van der Waals surface area contributed by atoms with Gasteiger partial charge in [-0.25, -0.2) is 9.24 Å². The standard InChI is InChI=1S/C22H18FN2O/c1-12-10-14(3)25(5)18(11-12)19-13(2)6-7-15-16-8-9-17(24-4)20(23)22(16)26-21(15)19/h6-11H,1-3,5H3/q+1. The molecule has 0 aliphatic heterocycles. The van der Waals surface area contributed by atoms with Gasteiger partial charge in [0.15, 0.2) is 17.1 Å². The molecule has 2 aromatic carbocycles. The summed E-state index contributed by atoms with van der Waals surface area (Å²) in [6.07, 6.45) is 0. The van der Waals surface area contributed by atoms with Gasteiger partial charge in [-0.1, -0.05) is 24.3 Å². The summed E-state index contributed by atoms with van der Waals surface area (Å²) < 4.78 is 22.7. The molecule has 0 radical (unpaired) electrons. The maximum Gasteiger partial charge on any atom is 0.225 e. The number of benzene rings is 2. The number of aryl methyl sites for hydroxylation is 3. The number of hydrogen-bond acceptors (Lipinski definition) is 1. The molecule has 4 heteroatoms. The molecule has 0 atom stereocenters. The van der Waals surface area contributed by atoms with Crippen molar-refractivity contribution in [1.29, 1.82) is 0 Å². The predicted molar refractivity (Wildman–Crippen MR) is 101 cm³/mol. The van der Waals surface area contributed by atoms with Gasteiger partial charge in [-0.15, -0.1) is 0 Å². The lowest BCUT2D eigenvalue weighted by Gasteiger charge is -2.08. The molecule has 0 bridgehead atoms. The molecule has 0 N–H and O–H groups in total. The van der Waals surface area contributed by atoms with E-state index in [4.69, 9.17) is 11.0 Å². The Morgan fingerprint density at radius 3 is 2.42 bits per heavy atom. The van der Waals surface area contributed by atoms with Crippen molar-refractivity contribution in [1.82, 2.24) is 0 Å². The molecule has 0 spiro atoms. The minimum absolute atomic E-state index is 0.0215. The van der Waals surface area contributed by atoms with Crippen LogP contribution in [0.25, 0.3) is 38.0 Å². The van der Waals surface area contributed by atoms with Crippen LogP contribution in [-0.2, 0) is 7.05 Å². The Labute approximate surface area is 151 Å². The molecule has 2 heterocycles. The molecule has 0 aliphatic rings. The van der Waals surface area contributed by atoms with Gasteiger partial charge in [0, 0.05) is 29.8 Å². The average Bonchev–Trinajstić information content (AvgIpc) is 2.98. The lowest BCUT2D eigenvalue weighted by Crippen LogP contribution is -2.35. The van der Waals surface area contributed by atoms with E-state index < -0.39 is 5.82 Å². The smallest absolute Gasteiger partial charge is 0.225 e. The topological polar surface area (TPSA) is 21.4 Å². The van der Waals surface area contributed by atoms with Crippen molar-refractivity contribution in [2.45, 2.75) is 20.8 Å². The van der Waals surface area contributed by atoms with Crippen LogP contribution in [0.1, 0.15) is 16.8 Å². The second-order valence-electron chi connectivity index (χ2n) is 6.74. The second kappa shape index (κ2) is 5.67. The summed E-state index contributed by atoms with van der Waals surface area (Å²) in [6, 6.07) is 11.5. The van der Waals surface area contributed by atoms with Gasteiger partial charge in [0.2, 0.25) is 11.4 Å². The van der Waals surface area contributed by atoms with Crippen LogP contribution in [0.5, 0.6) is 0 Å². The molecule has 0 saturated carbocycles. The van der Waals surface area contributed by atoms with E-state index in [2.05, 4.69) is 35.4 Å². The Morgan fingerprint density at radius 2 is 1.69 bits per heavy atom. The predicted octanol–water partition coefficient (Wildman–Crippen LogP) is 5.69. The number of hydrogen-bond donors (Lipinski definition) is 0. The number of aromatic nitrogens is 1. The number of halogens is 1. The summed E-state index contributed by atoms with van der Waals surface area (Å²) in [6.45, 7) is 13.3. The van der Waals surface area contributed by atoms with Gasteiger partial charge >= 0.3 is 0 Å².